The summed E-state index contributed by atoms with van der Waals surface area (Å²) in [4.78, 5) is 19.5. The lowest BCUT2D eigenvalue weighted by atomic mass is 9.74. The van der Waals surface area contributed by atoms with E-state index >= 15 is 0 Å². The van der Waals surface area contributed by atoms with E-state index in [1.54, 1.807) is 23.5 Å². The summed E-state index contributed by atoms with van der Waals surface area (Å²) in [5.41, 5.74) is 1.02. The largest absolute Gasteiger partial charge is 0.478 e. The lowest BCUT2D eigenvalue weighted by Gasteiger charge is -2.34. The molecule has 2 N–H and O–H groups in total. The molecule has 6 heteroatoms. The van der Waals surface area contributed by atoms with Crippen molar-refractivity contribution in [3.63, 3.8) is 0 Å². The van der Waals surface area contributed by atoms with E-state index in [-0.39, 0.29) is 17.6 Å². The Kier molecular flexibility index (Phi) is 3.52. The molecule has 2 fully saturated rings. The SMILES string of the molecule is O=C(O)c1ccc(-c2cc3ccccc3s2)nc1N1C[C@H]2C[C@H](O)[C@H]2C1. The van der Waals surface area contributed by atoms with Gasteiger partial charge < -0.3 is 15.1 Å². The molecule has 0 amide bonds. The van der Waals surface area contributed by atoms with Crippen LogP contribution < -0.4 is 4.90 Å². The molecule has 0 spiro atoms. The van der Waals surface area contributed by atoms with Gasteiger partial charge in [0.25, 0.3) is 0 Å². The van der Waals surface area contributed by atoms with Crippen molar-refractivity contribution in [1.29, 1.82) is 0 Å². The van der Waals surface area contributed by atoms with Gasteiger partial charge in [-0.2, -0.15) is 0 Å². The molecule has 2 aromatic heterocycles. The molecule has 1 aliphatic heterocycles. The summed E-state index contributed by atoms with van der Waals surface area (Å²) in [6, 6.07) is 13.7. The van der Waals surface area contributed by atoms with Gasteiger partial charge in [0.15, 0.2) is 0 Å². The maximum Gasteiger partial charge on any atom is 0.339 e. The van der Waals surface area contributed by atoms with E-state index < -0.39 is 5.97 Å². The lowest BCUT2D eigenvalue weighted by Crippen LogP contribution is -2.39. The number of benzene rings is 1. The number of nitrogens with zero attached hydrogens (tertiary/aromatic N) is 2. The number of carboxylic acid groups (broad SMARTS) is 1. The topological polar surface area (TPSA) is 73.7 Å². The first-order valence-electron chi connectivity index (χ1n) is 8.76. The normalized spacial score (nSPS) is 24.5. The number of thiophene rings is 1. The Morgan fingerprint density at radius 1 is 1.19 bits per heavy atom. The van der Waals surface area contributed by atoms with Crippen LogP contribution in [0.5, 0.6) is 0 Å². The number of aliphatic hydroxyl groups is 1. The molecule has 0 bridgehead atoms. The quantitative estimate of drug-likeness (QED) is 0.742. The zero-order valence-corrected chi connectivity index (χ0v) is 14.8. The van der Waals surface area contributed by atoms with Gasteiger partial charge in [-0.25, -0.2) is 9.78 Å². The Hall–Kier alpha value is -2.44. The third kappa shape index (κ3) is 2.40. The van der Waals surface area contributed by atoms with Gasteiger partial charge >= 0.3 is 5.97 Å². The van der Waals surface area contributed by atoms with Crippen LogP contribution in [-0.2, 0) is 0 Å². The second kappa shape index (κ2) is 5.79. The third-order valence-electron chi connectivity index (χ3n) is 5.61. The Balaban J connectivity index is 1.56. The van der Waals surface area contributed by atoms with Gasteiger partial charge in [0.1, 0.15) is 11.4 Å². The number of aromatic carboxylic acids is 1. The molecular formula is C20H18N2O3S. The molecule has 1 saturated carbocycles. The van der Waals surface area contributed by atoms with Crippen LogP contribution in [0, 0.1) is 11.8 Å². The van der Waals surface area contributed by atoms with Gasteiger partial charge in [0.05, 0.1) is 16.7 Å². The predicted octanol–water partition coefficient (Wildman–Crippen LogP) is 3.48. The van der Waals surface area contributed by atoms with Crippen molar-refractivity contribution in [1.82, 2.24) is 4.98 Å². The third-order valence-corrected chi connectivity index (χ3v) is 6.75. The van der Waals surface area contributed by atoms with Crippen LogP contribution in [0.2, 0.25) is 0 Å². The molecular weight excluding hydrogens is 348 g/mol. The van der Waals surface area contributed by atoms with E-state index in [2.05, 4.69) is 18.2 Å². The van der Waals surface area contributed by atoms with E-state index in [4.69, 9.17) is 4.98 Å². The van der Waals surface area contributed by atoms with Crippen molar-refractivity contribution in [2.45, 2.75) is 12.5 Å². The Morgan fingerprint density at radius 3 is 2.77 bits per heavy atom. The monoisotopic (exact) mass is 366 g/mol. The van der Waals surface area contributed by atoms with Crippen molar-refractivity contribution < 1.29 is 15.0 Å². The molecule has 0 radical (unpaired) electrons. The molecule has 132 valence electrons. The fourth-order valence-corrected chi connectivity index (χ4v) is 5.18. The summed E-state index contributed by atoms with van der Waals surface area (Å²) in [6.07, 6.45) is 0.545. The average Bonchev–Trinajstić information content (AvgIpc) is 3.22. The summed E-state index contributed by atoms with van der Waals surface area (Å²) < 4.78 is 1.19. The van der Waals surface area contributed by atoms with Gasteiger partial charge in [-0.1, -0.05) is 18.2 Å². The summed E-state index contributed by atoms with van der Waals surface area (Å²) in [7, 11) is 0. The summed E-state index contributed by atoms with van der Waals surface area (Å²) in [5.74, 6) is 0.247. The molecule has 2 aliphatic rings. The minimum Gasteiger partial charge on any atom is -0.478 e. The van der Waals surface area contributed by atoms with Crippen LogP contribution >= 0.6 is 11.3 Å². The number of hydrogen-bond donors (Lipinski definition) is 2. The number of pyridine rings is 1. The fourth-order valence-electron chi connectivity index (χ4n) is 4.15. The van der Waals surface area contributed by atoms with E-state index in [0.29, 0.717) is 18.3 Å². The van der Waals surface area contributed by atoms with Crippen molar-refractivity contribution in [3.8, 4) is 10.6 Å². The highest BCUT2D eigenvalue weighted by molar-refractivity contribution is 7.22. The first-order chi connectivity index (χ1) is 12.6. The Labute approximate surface area is 154 Å². The highest BCUT2D eigenvalue weighted by atomic mass is 32.1. The number of carboxylic acids is 1. The molecule has 5 nitrogen and oxygen atoms in total. The van der Waals surface area contributed by atoms with Gasteiger partial charge in [-0.3, -0.25) is 0 Å². The van der Waals surface area contributed by atoms with Gasteiger partial charge in [0, 0.05) is 23.7 Å². The number of fused-ring (bicyclic) bond motifs is 2. The fraction of sp³-hybridized carbons (Fsp3) is 0.300. The lowest BCUT2D eigenvalue weighted by molar-refractivity contribution is -0.00399. The standard InChI is InChI=1S/C20H18N2O3S/c23-16-7-12-9-22(10-14(12)16)19-13(20(24)25)5-6-15(21-19)18-8-11-3-1-2-4-17(11)26-18/h1-6,8,12,14,16,23H,7,9-10H2,(H,24,25)/t12-,14+,16+/m1/s1. The van der Waals surface area contributed by atoms with Gasteiger partial charge in [-0.15, -0.1) is 11.3 Å². The van der Waals surface area contributed by atoms with Crippen LogP contribution in [0.25, 0.3) is 20.7 Å². The van der Waals surface area contributed by atoms with E-state index in [1.807, 2.05) is 17.0 Å². The molecule has 0 unspecified atom stereocenters. The summed E-state index contributed by atoms with van der Waals surface area (Å²) in [5, 5.41) is 20.7. The van der Waals surface area contributed by atoms with Crippen molar-refractivity contribution in [2.75, 3.05) is 18.0 Å². The van der Waals surface area contributed by atoms with E-state index in [9.17, 15) is 15.0 Å². The molecule has 3 aromatic rings. The molecule has 1 saturated heterocycles. The number of rotatable bonds is 3. The van der Waals surface area contributed by atoms with Crippen LogP contribution in [0.4, 0.5) is 5.82 Å². The second-order valence-corrected chi connectivity index (χ2v) is 8.24. The molecule has 5 rings (SSSR count). The van der Waals surface area contributed by atoms with Gasteiger partial charge in [-0.05, 0) is 42.0 Å². The van der Waals surface area contributed by atoms with Crippen LogP contribution in [0.1, 0.15) is 16.8 Å². The van der Waals surface area contributed by atoms with Crippen LogP contribution in [0.15, 0.2) is 42.5 Å². The number of hydrogen-bond acceptors (Lipinski definition) is 5. The van der Waals surface area contributed by atoms with Crippen molar-refractivity contribution >= 4 is 33.2 Å². The van der Waals surface area contributed by atoms with E-state index in [0.717, 1.165) is 23.5 Å². The highest BCUT2D eigenvalue weighted by Crippen LogP contribution is 2.43. The van der Waals surface area contributed by atoms with Crippen molar-refractivity contribution in [3.05, 3.63) is 48.0 Å². The summed E-state index contributed by atoms with van der Waals surface area (Å²) >= 11 is 1.66. The predicted molar refractivity (Wildman–Crippen MR) is 102 cm³/mol. The smallest absolute Gasteiger partial charge is 0.339 e. The average molecular weight is 366 g/mol. The highest BCUT2D eigenvalue weighted by Gasteiger charge is 2.47. The van der Waals surface area contributed by atoms with E-state index in [1.165, 1.54) is 10.1 Å². The summed E-state index contributed by atoms with van der Waals surface area (Å²) in [6.45, 7) is 1.44. The zero-order valence-electron chi connectivity index (χ0n) is 14.0. The molecule has 1 aliphatic carbocycles. The van der Waals surface area contributed by atoms with Crippen molar-refractivity contribution in [2.24, 2.45) is 11.8 Å². The zero-order chi connectivity index (χ0) is 17.8. The minimum absolute atomic E-state index is 0.227. The molecule has 3 atom stereocenters. The molecule has 26 heavy (non-hydrogen) atoms. The van der Waals surface area contributed by atoms with Gasteiger partial charge in [0.2, 0.25) is 0 Å². The molecule has 1 aromatic carbocycles. The number of aromatic nitrogens is 1. The second-order valence-electron chi connectivity index (χ2n) is 7.15. The molecule has 3 heterocycles. The number of carbonyl (C=O) groups is 1. The maximum atomic E-state index is 11.7. The maximum absolute atomic E-state index is 11.7. The first kappa shape index (κ1) is 15.8. The first-order valence-corrected chi connectivity index (χ1v) is 9.58. The number of anilines is 1. The van der Waals surface area contributed by atoms with Crippen LogP contribution in [0.3, 0.4) is 0 Å². The minimum atomic E-state index is -0.963. The Bertz CT molecular complexity index is 982. The van der Waals surface area contributed by atoms with Crippen LogP contribution in [-0.4, -0.2) is 40.4 Å². The number of aliphatic hydroxyl groups excluding tert-OH is 1. The Morgan fingerprint density at radius 2 is 2.04 bits per heavy atom.